The highest BCUT2D eigenvalue weighted by Crippen LogP contribution is 2.35. The number of ether oxygens (including phenoxy) is 3. The van der Waals surface area contributed by atoms with Crippen LogP contribution in [0.3, 0.4) is 0 Å². The maximum Gasteiger partial charge on any atom is 0.282 e. The van der Waals surface area contributed by atoms with Crippen LogP contribution in [0.1, 0.15) is 12.5 Å². The second-order valence-corrected chi connectivity index (χ2v) is 7.08. The van der Waals surface area contributed by atoms with E-state index in [9.17, 15) is 14.0 Å². The zero-order valence-electron chi connectivity index (χ0n) is 18.5. The van der Waals surface area contributed by atoms with Crippen LogP contribution >= 0.6 is 0 Å². The molecule has 0 aromatic heterocycles. The van der Waals surface area contributed by atoms with Crippen LogP contribution in [0, 0.1) is 5.82 Å². The van der Waals surface area contributed by atoms with Gasteiger partial charge in [-0.15, -0.1) is 0 Å². The van der Waals surface area contributed by atoms with E-state index in [1.54, 1.807) is 43.4 Å². The van der Waals surface area contributed by atoms with E-state index in [1.807, 2.05) is 6.92 Å². The van der Waals surface area contributed by atoms with Crippen molar-refractivity contribution < 1.29 is 28.2 Å². The first-order valence-electron chi connectivity index (χ1n) is 10.4. The molecule has 0 radical (unpaired) electrons. The molecule has 0 saturated heterocycles. The first-order valence-corrected chi connectivity index (χ1v) is 10.4. The summed E-state index contributed by atoms with van der Waals surface area (Å²) < 4.78 is 29.8. The number of carbonyl (C=O) groups excluding carboxylic acids is 2. The lowest BCUT2D eigenvalue weighted by Crippen LogP contribution is -2.37. The van der Waals surface area contributed by atoms with Gasteiger partial charge in [0.15, 0.2) is 0 Å². The molecule has 32 heavy (non-hydrogen) atoms. The molecule has 2 aromatic rings. The van der Waals surface area contributed by atoms with Gasteiger partial charge in [0.05, 0.1) is 31.1 Å². The minimum Gasteiger partial charge on any atom is -0.494 e. The van der Waals surface area contributed by atoms with Crippen molar-refractivity contribution in [3.63, 3.8) is 0 Å². The predicted molar refractivity (Wildman–Crippen MR) is 119 cm³/mol. The third-order valence-electron chi connectivity index (χ3n) is 5.03. The Labute approximate surface area is 187 Å². The molecule has 0 aliphatic carbocycles. The van der Waals surface area contributed by atoms with Crippen molar-refractivity contribution in [3.05, 3.63) is 65.6 Å². The highest BCUT2D eigenvalue weighted by atomic mass is 19.1. The molecule has 0 unspecified atom stereocenters. The second kappa shape index (κ2) is 10.9. The van der Waals surface area contributed by atoms with Gasteiger partial charge < -0.3 is 19.1 Å². The lowest BCUT2D eigenvalue weighted by Gasteiger charge is -2.25. The van der Waals surface area contributed by atoms with Gasteiger partial charge >= 0.3 is 0 Å². The summed E-state index contributed by atoms with van der Waals surface area (Å²) >= 11 is 0. The van der Waals surface area contributed by atoms with Crippen LogP contribution in [-0.4, -0.2) is 63.8 Å². The molecule has 1 aliphatic rings. The number of nitrogens with zero attached hydrogens (tertiary/aromatic N) is 2. The molecule has 8 heteroatoms. The smallest absolute Gasteiger partial charge is 0.282 e. The molecule has 0 N–H and O–H groups in total. The predicted octanol–water partition coefficient (Wildman–Crippen LogP) is 3.10. The minimum absolute atomic E-state index is 0.178. The molecule has 0 saturated carbocycles. The number of rotatable bonds is 11. The molecule has 0 fully saturated rings. The monoisotopic (exact) mass is 442 g/mol. The Morgan fingerprint density at radius 1 is 0.938 bits per heavy atom. The number of hydrogen-bond acceptors (Lipinski definition) is 6. The molecule has 1 heterocycles. The van der Waals surface area contributed by atoms with E-state index in [0.717, 1.165) is 4.90 Å². The SMILES string of the molecule is CCOc1ccc(C2=C(N(CCOC)CCOC)C(=O)N(c3cccc(F)c3)C2=O)cc1. The molecule has 170 valence electrons. The average Bonchev–Trinajstić information content (AvgIpc) is 3.05. The molecule has 0 bridgehead atoms. The van der Waals surface area contributed by atoms with E-state index in [4.69, 9.17) is 14.2 Å². The summed E-state index contributed by atoms with van der Waals surface area (Å²) in [5.41, 5.74) is 1.23. The number of halogens is 1. The highest BCUT2D eigenvalue weighted by molar-refractivity contribution is 6.45. The van der Waals surface area contributed by atoms with Crippen molar-refractivity contribution in [1.29, 1.82) is 0 Å². The fraction of sp³-hybridized carbons (Fsp3) is 0.333. The van der Waals surface area contributed by atoms with Gasteiger partial charge in [-0.05, 0) is 42.8 Å². The van der Waals surface area contributed by atoms with Crippen LogP contribution in [0.4, 0.5) is 10.1 Å². The van der Waals surface area contributed by atoms with Crippen molar-refractivity contribution >= 4 is 23.1 Å². The van der Waals surface area contributed by atoms with Crippen molar-refractivity contribution in [3.8, 4) is 5.75 Å². The zero-order valence-corrected chi connectivity index (χ0v) is 18.5. The lowest BCUT2D eigenvalue weighted by molar-refractivity contribution is -0.120. The summed E-state index contributed by atoms with van der Waals surface area (Å²) in [6.07, 6.45) is 0. The van der Waals surface area contributed by atoms with E-state index >= 15 is 0 Å². The highest BCUT2D eigenvalue weighted by Gasteiger charge is 2.42. The summed E-state index contributed by atoms with van der Waals surface area (Å²) in [5.74, 6) is -0.904. The fourth-order valence-corrected chi connectivity index (χ4v) is 3.54. The van der Waals surface area contributed by atoms with Crippen LogP contribution in [0.5, 0.6) is 5.75 Å². The van der Waals surface area contributed by atoms with E-state index in [0.29, 0.717) is 44.2 Å². The maximum atomic E-state index is 13.9. The van der Waals surface area contributed by atoms with Gasteiger partial charge in [-0.1, -0.05) is 18.2 Å². The van der Waals surface area contributed by atoms with Crippen molar-refractivity contribution in [1.82, 2.24) is 4.90 Å². The van der Waals surface area contributed by atoms with Crippen LogP contribution in [0.2, 0.25) is 0 Å². The molecular weight excluding hydrogens is 415 g/mol. The number of amides is 2. The summed E-state index contributed by atoms with van der Waals surface area (Å²) in [7, 11) is 3.13. The Morgan fingerprint density at radius 2 is 1.59 bits per heavy atom. The van der Waals surface area contributed by atoms with Crippen molar-refractivity contribution in [2.75, 3.05) is 52.0 Å². The number of anilines is 1. The molecule has 3 rings (SSSR count). The van der Waals surface area contributed by atoms with Crippen LogP contribution in [-0.2, 0) is 19.1 Å². The van der Waals surface area contributed by atoms with Gasteiger partial charge in [-0.3, -0.25) is 9.59 Å². The van der Waals surface area contributed by atoms with Crippen molar-refractivity contribution in [2.45, 2.75) is 6.92 Å². The Balaban J connectivity index is 2.10. The number of carbonyl (C=O) groups is 2. The fourth-order valence-electron chi connectivity index (χ4n) is 3.54. The number of hydrogen-bond donors (Lipinski definition) is 0. The normalized spacial score (nSPS) is 13.8. The molecule has 1 aliphatic heterocycles. The second-order valence-electron chi connectivity index (χ2n) is 7.08. The van der Waals surface area contributed by atoms with Gasteiger partial charge in [0.1, 0.15) is 17.3 Å². The van der Waals surface area contributed by atoms with Gasteiger partial charge in [0, 0.05) is 27.3 Å². The van der Waals surface area contributed by atoms with Gasteiger partial charge in [0.2, 0.25) is 0 Å². The van der Waals surface area contributed by atoms with Crippen molar-refractivity contribution in [2.24, 2.45) is 0 Å². The lowest BCUT2D eigenvalue weighted by atomic mass is 10.0. The molecule has 0 atom stereocenters. The summed E-state index contributed by atoms with van der Waals surface area (Å²) in [4.78, 5) is 29.8. The topological polar surface area (TPSA) is 68.3 Å². The van der Waals surface area contributed by atoms with Crippen LogP contribution < -0.4 is 9.64 Å². The van der Waals surface area contributed by atoms with E-state index in [2.05, 4.69) is 0 Å². The van der Waals surface area contributed by atoms with Gasteiger partial charge in [0.25, 0.3) is 11.8 Å². The van der Waals surface area contributed by atoms with Gasteiger partial charge in [-0.25, -0.2) is 9.29 Å². The average molecular weight is 442 g/mol. The number of methoxy groups -OCH3 is 2. The maximum absolute atomic E-state index is 13.9. The Kier molecular flexibility index (Phi) is 7.97. The van der Waals surface area contributed by atoms with Crippen LogP contribution in [0.25, 0.3) is 5.57 Å². The van der Waals surface area contributed by atoms with E-state index < -0.39 is 17.6 Å². The third-order valence-corrected chi connectivity index (χ3v) is 5.03. The number of imide groups is 1. The van der Waals surface area contributed by atoms with E-state index in [1.165, 1.54) is 24.3 Å². The van der Waals surface area contributed by atoms with Gasteiger partial charge in [-0.2, -0.15) is 0 Å². The number of benzene rings is 2. The Morgan fingerprint density at radius 3 is 2.16 bits per heavy atom. The summed E-state index contributed by atoms with van der Waals surface area (Å²) in [5, 5.41) is 0. The Bertz CT molecular complexity index is 982. The zero-order chi connectivity index (χ0) is 23.1. The molecule has 7 nitrogen and oxygen atoms in total. The Hall–Kier alpha value is -3.23. The molecule has 2 amide bonds. The largest absolute Gasteiger partial charge is 0.494 e. The molecule has 0 spiro atoms. The summed E-state index contributed by atoms with van der Waals surface area (Å²) in [6, 6.07) is 12.4. The molecular formula is C24H27FN2O5. The standard InChI is InChI=1S/C24H27FN2O5/c1-4-32-20-10-8-17(9-11-20)21-22(26(12-14-30-2)13-15-31-3)24(29)27(23(21)28)19-7-5-6-18(25)16-19/h5-11,16H,4,12-15H2,1-3H3. The first kappa shape index (κ1) is 23.4. The molecule has 2 aromatic carbocycles. The summed E-state index contributed by atoms with van der Waals surface area (Å²) in [6.45, 7) is 3.86. The van der Waals surface area contributed by atoms with E-state index in [-0.39, 0.29) is 17.0 Å². The third kappa shape index (κ3) is 4.98. The first-order chi connectivity index (χ1) is 15.5. The minimum atomic E-state index is -0.533. The quantitative estimate of drug-likeness (QED) is 0.498. The van der Waals surface area contributed by atoms with Crippen LogP contribution in [0.15, 0.2) is 54.2 Å².